The van der Waals surface area contributed by atoms with Crippen molar-refractivity contribution in [3.63, 3.8) is 0 Å². The highest BCUT2D eigenvalue weighted by molar-refractivity contribution is 8.05. The lowest BCUT2D eigenvalue weighted by molar-refractivity contribution is 0.221. The van der Waals surface area contributed by atoms with Crippen molar-refractivity contribution in [2.24, 2.45) is 5.41 Å². The molecule has 0 amide bonds. The van der Waals surface area contributed by atoms with Gasteiger partial charge < -0.3 is 19.1 Å². The first kappa shape index (κ1) is 54.4. The maximum atomic E-state index is 7.44. The molecule has 4 aliphatic carbocycles. The number of hydrogen-bond donors (Lipinski definition) is 0. The van der Waals surface area contributed by atoms with Gasteiger partial charge in [0.15, 0.2) is 0 Å². The van der Waals surface area contributed by atoms with Crippen molar-refractivity contribution >= 4 is 85.9 Å². The number of para-hydroxylation sites is 2. The van der Waals surface area contributed by atoms with Gasteiger partial charge in [0, 0.05) is 49.5 Å². The normalized spacial score (nSPS) is 24.5. The second-order valence-corrected chi connectivity index (χ2v) is 32.9. The fraction of sp³-hybridized carbons (Fsp3) is 0.474. The van der Waals surface area contributed by atoms with Gasteiger partial charge in [-0.25, -0.2) is 0 Å². The quantitative estimate of drug-likeness (QED) is 0.160. The van der Waals surface area contributed by atoms with E-state index in [1.54, 1.807) is 5.47 Å². The van der Waals surface area contributed by atoms with Crippen LogP contribution in [0, 0.1) is 33.1 Å². The Morgan fingerprint density at radius 3 is 1.49 bits per heavy atom. The van der Waals surface area contributed by atoms with E-state index in [4.69, 9.17) is 4.42 Å². The van der Waals surface area contributed by atoms with Crippen LogP contribution in [-0.4, -0.2) is 11.5 Å². The lowest BCUT2D eigenvalue weighted by Crippen LogP contribution is -2.59. The Bertz CT molecular complexity index is 3820. The molecule has 0 bridgehead atoms. The third-order valence-electron chi connectivity index (χ3n) is 23.1. The summed E-state index contributed by atoms with van der Waals surface area (Å²) in [6.07, 6.45) is 11.8. The summed E-state index contributed by atoms with van der Waals surface area (Å²) in [5.41, 5.74) is 28.1. The lowest BCUT2D eigenvalue weighted by Gasteiger charge is -2.50. The minimum absolute atomic E-state index is 0.00201. The van der Waals surface area contributed by atoms with Crippen LogP contribution in [0.25, 0.3) is 11.0 Å². The summed E-state index contributed by atoms with van der Waals surface area (Å²) in [4.78, 5) is 8.26. The molecule has 82 heavy (non-hydrogen) atoms. The smallest absolute Gasteiger partial charge is 0.249 e. The lowest BCUT2D eigenvalue weighted by atomic mass is 9.29. The second kappa shape index (κ2) is 17.5. The maximum Gasteiger partial charge on any atom is 0.249 e. The highest BCUT2D eigenvalue weighted by Crippen LogP contribution is 2.69. The molecule has 4 heterocycles. The number of aryl methyl sites for hydroxylation is 4. The fourth-order valence-electron chi connectivity index (χ4n) is 17.5. The van der Waals surface area contributed by atoms with Gasteiger partial charge in [0.1, 0.15) is 11.3 Å². The number of anilines is 8. The van der Waals surface area contributed by atoms with Gasteiger partial charge >= 0.3 is 0 Å². The number of fused-ring (bicyclic) bond motifs is 10. The summed E-state index contributed by atoms with van der Waals surface area (Å²) in [5, 5.41) is 2.72. The summed E-state index contributed by atoms with van der Waals surface area (Å²) in [6, 6.07) is 39.6. The van der Waals surface area contributed by atoms with Crippen molar-refractivity contribution in [3.05, 3.63) is 163 Å². The first-order valence-corrected chi connectivity index (χ1v) is 32.4. The Balaban J connectivity index is 1.16. The largest absolute Gasteiger partial charge is 0.460 e. The van der Waals surface area contributed by atoms with Crippen LogP contribution < -0.4 is 25.6 Å². The van der Waals surface area contributed by atoms with Crippen molar-refractivity contribution in [1.29, 1.82) is 0 Å². The Hall–Kier alpha value is -5.59. The van der Waals surface area contributed by atoms with E-state index in [0.29, 0.717) is 0 Å². The molecule has 0 spiro atoms. The summed E-state index contributed by atoms with van der Waals surface area (Å²) in [7, 11) is 0. The van der Waals surface area contributed by atoms with E-state index in [9.17, 15) is 0 Å². The van der Waals surface area contributed by atoms with Gasteiger partial charge in [0.2, 0.25) is 6.71 Å². The van der Waals surface area contributed by atoms with Crippen LogP contribution >= 0.6 is 11.8 Å². The van der Waals surface area contributed by atoms with Gasteiger partial charge in [0.05, 0.1) is 22.1 Å². The average molecular weight is 1100 g/mol. The van der Waals surface area contributed by atoms with Gasteiger partial charge in [-0.05, 0) is 222 Å². The molecule has 0 radical (unpaired) electrons. The molecular formula is C76H90BN3OS. The van der Waals surface area contributed by atoms with Gasteiger partial charge in [-0.1, -0.05) is 157 Å². The van der Waals surface area contributed by atoms with E-state index >= 15 is 0 Å². The summed E-state index contributed by atoms with van der Waals surface area (Å²) < 4.78 is 7.45. The predicted molar refractivity (Wildman–Crippen MR) is 354 cm³/mol. The van der Waals surface area contributed by atoms with Gasteiger partial charge in [0.25, 0.3) is 0 Å². The van der Waals surface area contributed by atoms with E-state index in [2.05, 4.69) is 248 Å². The molecule has 1 saturated carbocycles. The first-order chi connectivity index (χ1) is 38.5. The van der Waals surface area contributed by atoms with Crippen LogP contribution in [0.15, 0.2) is 112 Å². The highest BCUT2D eigenvalue weighted by atomic mass is 32.2. The molecule has 7 aliphatic rings. The number of nitrogens with zero attached hydrogens (tertiary/aromatic N) is 3. The maximum absolute atomic E-state index is 7.44. The van der Waals surface area contributed by atoms with Crippen molar-refractivity contribution < 1.29 is 4.42 Å². The Morgan fingerprint density at radius 1 is 0.463 bits per heavy atom. The van der Waals surface area contributed by atoms with Crippen LogP contribution in [0.3, 0.4) is 0 Å². The van der Waals surface area contributed by atoms with E-state index in [1.165, 1.54) is 161 Å². The molecule has 6 heteroatoms. The van der Waals surface area contributed by atoms with Crippen molar-refractivity contribution in [1.82, 2.24) is 0 Å². The second-order valence-electron chi connectivity index (χ2n) is 31.4. The molecule has 1 aromatic heterocycles. The molecule has 2 atom stereocenters. The zero-order valence-electron chi connectivity index (χ0n) is 53.0. The van der Waals surface area contributed by atoms with Gasteiger partial charge in [-0.15, -0.1) is 11.8 Å². The summed E-state index contributed by atoms with van der Waals surface area (Å²) >= 11 is 2.21. The highest BCUT2D eigenvalue weighted by Gasteiger charge is 2.62. The Morgan fingerprint density at radius 2 is 0.939 bits per heavy atom. The van der Waals surface area contributed by atoms with Gasteiger partial charge in [-0.2, -0.15) is 0 Å². The molecular weight excluding hydrogens is 1010 g/mol. The van der Waals surface area contributed by atoms with E-state index < -0.39 is 0 Å². The number of benzene rings is 6. The van der Waals surface area contributed by atoms with Crippen LogP contribution in [0.1, 0.15) is 217 Å². The SMILES string of the molecule is Cc1cccc(C)c1N1C2=C(B3c4cc5oc6c(c5cc4N(c4c(C)cccc4C)c4cc(N(c5ccc7c(c5)C(C)(C)CCC7(C)C)c5ccc7c(c5)C(C)(C)CCC7(C)C)cc1c43)C(C)(C)CCC6(C)C)C1(C)CCCCC1(C)S2. The summed E-state index contributed by atoms with van der Waals surface area (Å²) in [6.45, 7) is 44.3. The van der Waals surface area contributed by atoms with Crippen LogP contribution in [0.4, 0.5) is 45.5 Å². The molecule has 6 aromatic carbocycles. The molecule has 4 nitrogen and oxygen atoms in total. The molecule has 2 unspecified atom stereocenters. The van der Waals surface area contributed by atoms with Crippen LogP contribution in [0.2, 0.25) is 0 Å². The van der Waals surface area contributed by atoms with Crippen molar-refractivity contribution in [3.8, 4) is 0 Å². The molecule has 424 valence electrons. The minimum atomic E-state index is -0.0691. The van der Waals surface area contributed by atoms with E-state index in [0.717, 1.165) is 31.3 Å². The van der Waals surface area contributed by atoms with Crippen LogP contribution in [0.5, 0.6) is 0 Å². The summed E-state index contributed by atoms with van der Waals surface area (Å²) in [5.74, 6) is 1.18. The van der Waals surface area contributed by atoms with E-state index in [1.807, 2.05) is 0 Å². The molecule has 0 saturated heterocycles. The number of rotatable bonds is 5. The molecule has 14 rings (SSSR count). The fourth-order valence-corrected chi connectivity index (χ4v) is 19.4. The van der Waals surface area contributed by atoms with Crippen LogP contribution in [-0.2, 0) is 32.5 Å². The topological polar surface area (TPSA) is 22.9 Å². The monoisotopic (exact) mass is 1100 g/mol. The van der Waals surface area contributed by atoms with E-state index in [-0.39, 0.29) is 49.4 Å². The minimum Gasteiger partial charge on any atom is -0.460 e. The number of hydrogen-bond acceptors (Lipinski definition) is 5. The third kappa shape index (κ3) is 7.55. The first-order valence-electron chi connectivity index (χ1n) is 31.5. The zero-order valence-corrected chi connectivity index (χ0v) is 53.9. The molecule has 1 fully saturated rings. The standard InChI is InChI=1S/C76H90BN3OS/c1-45-23-21-24-46(2)64(45)79-58-43-52-61(81-67-62(52)73(13,14)37-38-74(67,15)16)44-57(58)77-63-59(79)41-51(42-60(63)80(65-47(3)25-22-26-48(65)4)68-66(77)75(17)31-19-20-32-76(75,18)82-68)78(49-27-29-53-55(39-49)71(9,10)35-33-69(53,5)6)50-28-30-54-56(40-50)72(11,12)36-34-70(54,7)8/h21-30,39-44H,19-20,31-38H2,1-18H3. The number of furan rings is 1. The predicted octanol–water partition coefficient (Wildman–Crippen LogP) is 20.6. The van der Waals surface area contributed by atoms with Crippen molar-refractivity contribution in [2.75, 3.05) is 14.7 Å². The molecule has 0 N–H and O–H groups in total. The number of allylic oxidation sites excluding steroid dienone is 1. The Labute approximate surface area is 497 Å². The Kier molecular flexibility index (Phi) is 11.6. The number of thioether (sulfide) groups is 1. The van der Waals surface area contributed by atoms with Gasteiger partial charge in [-0.3, -0.25) is 0 Å². The zero-order chi connectivity index (χ0) is 58.0. The molecule has 3 aliphatic heterocycles. The third-order valence-corrected chi connectivity index (χ3v) is 24.8. The molecule has 7 aromatic rings. The average Bonchev–Trinajstić information content (AvgIpc) is 2.06. The van der Waals surface area contributed by atoms with Crippen molar-refractivity contribution in [2.45, 2.75) is 226 Å².